The monoisotopic (exact) mass is 421 g/mol. The van der Waals surface area contributed by atoms with Crippen LogP contribution in [0.25, 0.3) is 11.1 Å². The summed E-state index contributed by atoms with van der Waals surface area (Å²) in [6.07, 6.45) is 0. The summed E-state index contributed by atoms with van der Waals surface area (Å²) in [5.74, 6) is -0.0247. The zero-order chi connectivity index (χ0) is 21.0. The number of thioether (sulfide) groups is 1. The second-order valence-electron chi connectivity index (χ2n) is 5.99. The molecule has 0 aliphatic rings. The summed E-state index contributed by atoms with van der Waals surface area (Å²) in [4.78, 5) is 15.3. The van der Waals surface area contributed by atoms with E-state index in [1.165, 1.54) is 12.1 Å². The summed E-state index contributed by atoms with van der Waals surface area (Å²) in [6.45, 7) is 0. The maximum atomic E-state index is 12.5. The molecule has 0 unspecified atom stereocenters. The van der Waals surface area contributed by atoms with Crippen LogP contribution in [-0.2, 0) is 0 Å². The van der Waals surface area contributed by atoms with Crippen molar-refractivity contribution in [1.82, 2.24) is 0 Å². The van der Waals surface area contributed by atoms with Crippen molar-refractivity contribution in [2.24, 2.45) is 0 Å². The highest BCUT2D eigenvalue weighted by atomic mass is 35.5. The molecule has 6 nitrogen and oxygen atoms in total. The van der Waals surface area contributed by atoms with Crippen molar-refractivity contribution < 1.29 is 14.9 Å². The Labute approximate surface area is 176 Å². The Morgan fingerprint density at radius 1 is 1.14 bits per heavy atom. The first-order valence-corrected chi connectivity index (χ1v) is 9.71. The largest absolute Gasteiger partial charge is 0.508 e. The molecule has 0 fully saturated rings. The molecule has 0 saturated carbocycles. The lowest BCUT2D eigenvalue weighted by Gasteiger charge is -2.10. The zero-order valence-corrected chi connectivity index (χ0v) is 16.5. The van der Waals surface area contributed by atoms with Gasteiger partial charge in [0.05, 0.1) is 5.75 Å². The van der Waals surface area contributed by atoms with Gasteiger partial charge in [-0.15, -0.1) is 0 Å². The third kappa shape index (κ3) is 4.33. The van der Waals surface area contributed by atoms with Gasteiger partial charge in [-0.05, 0) is 42.0 Å². The Morgan fingerprint density at radius 3 is 2.45 bits per heavy atom. The van der Waals surface area contributed by atoms with Crippen LogP contribution in [0.3, 0.4) is 0 Å². The topological polar surface area (TPSA) is 125 Å². The van der Waals surface area contributed by atoms with Crippen molar-refractivity contribution in [2.75, 3.05) is 11.5 Å². The van der Waals surface area contributed by atoms with Crippen molar-refractivity contribution >= 4 is 35.0 Å². The number of phenols is 1. The minimum atomic E-state index is -0.147. The maximum Gasteiger partial charge on any atom is 0.289 e. The summed E-state index contributed by atoms with van der Waals surface area (Å²) in [5.41, 5.74) is 7.56. The smallest absolute Gasteiger partial charge is 0.289 e. The summed E-state index contributed by atoms with van der Waals surface area (Å²) < 4.78 is 0. The summed E-state index contributed by atoms with van der Waals surface area (Å²) >= 11 is 6.96. The molecule has 1 aromatic heterocycles. The number of phenolic OH excluding ortho intramolecular Hbond substituents is 1. The van der Waals surface area contributed by atoms with Crippen molar-refractivity contribution in [2.45, 2.75) is 5.03 Å². The lowest BCUT2D eigenvalue weighted by atomic mass is 9.97. The third-order valence-corrected chi connectivity index (χ3v) is 5.37. The van der Waals surface area contributed by atoms with E-state index >= 15 is 0 Å². The van der Waals surface area contributed by atoms with Gasteiger partial charge < -0.3 is 5.11 Å². The van der Waals surface area contributed by atoms with Crippen LogP contribution >= 0.6 is 23.4 Å². The van der Waals surface area contributed by atoms with Gasteiger partial charge in [0.15, 0.2) is 10.8 Å². The Hall–Kier alpha value is -3.52. The molecule has 4 N–H and O–H groups in total. The van der Waals surface area contributed by atoms with E-state index in [1.807, 2.05) is 6.07 Å². The van der Waals surface area contributed by atoms with Crippen molar-refractivity contribution in [1.29, 1.82) is 10.5 Å². The third-order valence-electron chi connectivity index (χ3n) is 4.12. The molecule has 0 radical (unpaired) electrons. The molecule has 0 aliphatic heterocycles. The average molecular weight is 422 g/mol. The van der Waals surface area contributed by atoms with Gasteiger partial charge in [0.1, 0.15) is 29.0 Å². The van der Waals surface area contributed by atoms with Gasteiger partial charge in [-0.25, -0.2) is 4.98 Å². The van der Waals surface area contributed by atoms with Gasteiger partial charge in [-0.3, -0.25) is 10.5 Å². The predicted molar refractivity (Wildman–Crippen MR) is 110 cm³/mol. The lowest BCUT2D eigenvalue weighted by Crippen LogP contribution is -2.19. The fourth-order valence-corrected chi connectivity index (χ4v) is 3.80. The molecular formula is C21H14ClN4O2S+. The maximum absolute atomic E-state index is 12.5. The number of ketones is 1. The number of halogens is 1. The number of rotatable bonds is 5. The number of hydrogen-bond donors (Lipinski definition) is 2. The highest BCUT2D eigenvalue weighted by Crippen LogP contribution is 2.35. The number of aromatic nitrogens is 1. The number of H-pyrrole nitrogens is 1. The first-order valence-electron chi connectivity index (χ1n) is 8.34. The molecule has 1 heterocycles. The van der Waals surface area contributed by atoms with Crippen LogP contribution in [0.15, 0.2) is 53.6 Å². The molecule has 3 aromatic rings. The number of nitrogens with two attached hydrogens (primary N) is 1. The molecule has 0 aliphatic carbocycles. The van der Waals surface area contributed by atoms with Crippen LogP contribution < -0.4 is 10.7 Å². The number of nitriles is 2. The molecule has 2 aromatic carbocycles. The van der Waals surface area contributed by atoms with Crippen molar-refractivity contribution in [3.8, 4) is 29.0 Å². The number of pyridine rings is 1. The van der Waals surface area contributed by atoms with Gasteiger partial charge in [0.2, 0.25) is 0 Å². The second kappa shape index (κ2) is 8.66. The summed E-state index contributed by atoms with van der Waals surface area (Å²) in [5, 5.41) is 30.0. The van der Waals surface area contributed by atoms with E-state index in [0.29, 0.717) is 26.7 Å². The average Bonchev–Trinajstić information content (AvgIpc) is 2.71. The van der Waals surface area contributed by atoms with Gasteiger partial charge in [-0.2, -0.15) is 10.5 Å². The number of nitrogens with zero attached hydrogens (tertiary/aromatic N) is 2. The standard InChI is InChI=1S/C21H13ClN4O2S/c22-14-6-4-12(5-7-14)18(28)11-29-21-17(10-24)19(16(9-23)20(25)26-21)13-2-1-3-15(27)8-13/h1-8,27H,11H2,(H2,25,26)/p+1. The summed E-state index contributed by atoms with van der Waals surface area (Å²) in [7, 11) is 0. The van der Waals surface area contributed by atoms with Crippen LogP contribution in [0.4, 0.5) is 5.82 Å². The van der Waals surface area contributed by atoms with Crippen LogP contribution in [0.1, 0.15) is 21.5 Å². The number of benzene rings is 2. The predicted octanol–water partition coefficient (Wildman–Crippen LogP) is 3.83. The van der Waals surface area contributed by atoms with Gasteiger partial charge in [0, 0.05) is 16.1 Å². The number of anilines is 1. The number of nitrogen functional groups attached to an aromatic ring is 1. The van der Waals surface area contributed by atoms with Crippen LogP contribution in [0.5, 0.6) is 5.75 Å². The van der Waals surface area contributed by atoms with E-state index in [-0.39, 0.29) is 34.2 Å². The molecule has 0 amide bonds. The lowest BCUT2D eigenvalue weighted by molar-refractivity contribution is -0.410. The minimum absolute atomic E-state index is 0.00574. The molecule has 29 heavy (non-hydrogen) atoms. The Balaban J connectivity index is 2.02. The molecule has 0 spiro atoms. The van der Waals surface area contributed by atoms with Gasteiger partial charge in [0.25, 0.3) is 5.82 Å². The number of carbonyl (C=O) groups excluding carboxylic acids is 1. The SMILES string of the molecule is N#Cc1c(N)[nH+]c(SCC(=O)c2ccc(Cl)cc2)c(C#N)c1-c1cccc(O)c1. The fraction of sp³-hybridized carbons (Fsp3) is 0.0476. The molecule has 8 heteroatoms. The van der Waals surface area contributed by atoms with Crippen molar-refractivity contribution in [3.63, 3.8) is 0 Å². The normalized spacial score (nSPS) is 10.2. The van der Waals surface area contributed by atoms with Crippen molar-refractivity contribution in [3.05, 3.63) is 70.2 Å². The summed E-state index contributed by atoms with van der Waals surface area (Å²) in [6, 6.07) is 16.8. The quantitative estimate of drug-likeness (QED) is 0.476. The minimum Gasteiger partial charge on any atom is -0.508 e. The number of aromatic amines is 1. The molecular weight excluding hydrogens is 408 g/mol. The Morgan fingerprint density at radius 2 is 1.83 bits per heavy atom. The Bertz CT molecular complexity index is 1180. The number of hydrogen-bond acceptors (Lipinski definition) is 6. The molecule has 0 atom stereocenters. The van der Waals surface area contributed by atoms with E-state index in [9.17, 15) is 20.4 Å². The number of carbonyl (C=O) groups is 1. The first-order chi connectivity index (χ1) is 13.9. The second-order valence-corrected chi connectivity index (χ2v) is 7.41. The van der Waals surface area contributed by atoms with Gasteiger partial charge >= 0.3 is 0 Å². The molecule has 0 bridgehead atoms. The highest BCUT2D eigenvalue weighted by Gasteiger charge is 2.24. The fourth-order valence-electron chi connectivity index (χ4n) is 2.76. The first kappa shape index (κ1) is 20.2. The van der Waals surface area contributed by atoms with E-state index in [2.05, 4.69) is 11.1 Å². The van der Waals surface area contributed by atoms with Crippen LogP contribution in [0.2, 0.25) is 5.02 Å². The molecule has 142 valence electrons. The number of Topliss-reactive ketones (excluding diaryl/α,β-unsaturated/α-hetero) is 1. The van der Waals surface area contributed by atoms with Crippen LogP contribution in [0, 0.1) is 22.7 Å². The Kier molecular flexibility index (Phi) is 6.04. The van der Waals surface area contributed by atoms with E-state index in [1.54, 1.807) is 36.4 Å². The number of nitrogens with one attached hydrogen (secondary N) is 1. The molecule has 0 saturated heterocycles. The number of aromatic hydroxyl groups is 1. The zero-order valence-electron chi connectivity index (χ0n) is 14.9. The highest BCUT2D eigenvalue weighted by molar-refractivity contribution is 7.99. The van der Waals surface area contributed by atoms with E-state index < -0.39 is 0 Å². The van der Waals surface area contributed by atoms with E-state index in [0.717, 1.165) is 11.8 Å². The molecule has 3 rings (SSSR count). The van der Waals surface area contributed by atoms with Crippen LogP contribution in [-0.4, -0.2) is 16.6 Å². The van der Waals surface area contributed by atoms with E-state index in [4.69, 9.17) is 17.3 Å². The van der Waals surface area contributed by atoms with Gasteiger partial charge in [-0.1, -0.05) is 35.5 Å².